The van der Waals surface area contributed by atoms with Gasteiger partial charge in [-0.1, -0.05) is 15.9 Å². The molecule has 0 bridgehead atoms. The second kappa shape index (κ2) is 6.97. The van der Waals surface area contributed by atoms with Crippen LogP contribution in [0, 0.1) is 12.0 Å². The zero-order chi connectivity index (χ0) is 15.5. The van der Waals surface area contributed by atoms with Crippen LogP contribution in [0.15, 0.2) is 28.9 Å². The maximum Gasteiger partial charge on any atom is 0.0724 e. The summed E-state index contributed by atoms with van der Waals surface area (Å²) >= 11 is 3.55. The summed E-state index contributed by atoms with van der Waals surface area (Å²) in [6.07, 6.45) is 6.87. The molecule has 1 saturated carbocycles. The first kappa shape index (κ1) is 15.8. The predicted molar refractivity (Wildman–Crippen MR) is 96.2 cm³/mol. The van der Waals surface area contributed by atoms with Gasteiger partial charge in [0.15, 0.2) is 0 Å². The predicted octanol–water partition coefficient (Wildman–Crippen LogP) is 4.33. The van der Waals surface area contributed by atoms with Crippen LogP contribution in [0.25, 0.3) is 10.9 Å². The summed E-state index contributed by atoms with van der Waals surface area (Å²) in [4.78, 5) is 6.70. The minimum absolute atomic E-state index is 0.555. The van der Waals surface area contributed by atoms with Crippen LogP contribution in [-0.2, 0) is 0 Å². The Morgan fingerprint density at radius 1 is 1.27 bits per heavy atom. The molecule has 0 amide bonds. The van der Waals surface area contributed by atoms with Crippen LogP contribution in [0.1, 0.15) is 25.7 Å². The number of rotatable bonds is 4. The molecule has 2 aromatic rings. The number of nitrogens with zero attached hydrogens (tertiary/aromatic N) is 2. The molecule has 1 heterocycles. The first-order valence-electron chi connectivity index (χ1n) is 7.99. The summed E-state index contributed by atoms with van der Waals surface area (Å²) in [5.74, 6) is 0.848. The molecule has 0 aliphatic heterocycles. The summed E-state index contributed by atoms with van der Waals surface area (Å²) in [6, 6.07) is 10.0. The van der Waals surface area contributed by atoms with E-state index in [0.29, 0.717) is 6.04 Å². The molecule has 1 aromatic heterocycles. The number of hydrogen-bond donors (Lipinski definition) is 1. The van der Waals surface area contributed by atoms with E-state index in [9.17, 15) is 0 Å². The number of nitrogens with one attached hydrogen (secondary N) is 1. The molecule has 1 N–H and O–H groups in total. The van der Waals surface area contributed by atoms with E-state index in [1.807, 2.05) is 12.1 Å². The second-order valence-electron chi connectivity index (χ2n) is 6.56. The molecule has 0 saturated heterocycles. The zero-order valence-electron chi connectivity index (χ0n) is 13.3. The van der Waals surface area contributed by atoms with Crippen molar-refractivity contribution in [3.05, 3.63) is 34.9 Å². The highest BCUT2D eigenvalue weighted by molar-refractivity contribution is 9.10. The Kier molecular flexibility index (Phi) is 4.99. The Morgan fingerprint density at radius 3 is 2.77 bits per heavy atom. The van der Waals surface area contributed by atoms with Gasteiger partial charge in [0.2, 0.25) is 0 Å². The van der Waals surface area contributed by atoms with Gasteiger partial charge in [0.25, 0.3) is 0 Å². The maximum atomic E-state index is 4.40. The van der Waals surface area contributed by atoms with Gasteiger partial charge in [-0.2, -0.15) is 0 Å². The van der Waals surface area contributed by atoms with Crippen molar-refractivity contribution in [3.8, 4) is 0 Å². The lowest BCUT2D eigenvalue weighted by Crippen LogP contribution is -2.31. The maximum absolute atomic E-state index is 4.40. The van der Waals surface area contributed by atoms with Gasteiger partial charge in [-0.25, -0.2) is 0 Å². The molecule has 1 aromatic carbocycles. The van der Waals surface area contributed by atoms with E-state index in [0.717, 1.165) is 27.0 Å². The third-order valence-electron chi connectivity index (χ3n) is 4.46. The normalized spacial score (nSPS) is 22.2. The number of fused-ring (bicyclic) bond motifs is 1. The lowest BCUT2D eigenvalue weighted by Gasteiger charge is -2.31. The number of hydrogen-bond acceptors (Lipinski definition) is 3. The molecule has 117 valence electrons. The van der Waals surface area contributed by atoms with Gasteiger partial charge in [-0.3, -0.25) is 4.98 Å². The topological polar surface area (TPSA) is 28.2 Å². The van der Waals surface area contributed by atoms with E-state index in [-0.39, 0.29) is 0 Å². The van der Waals surface area contributed by atoms with Crippen LogP contribution in [0.4, 0.5) is 5.69 Å². The summed E-state index contributed by atoms with van der Waals surface area (Å²) < 4.78 is 1.08. The Labute approximate surface area is 141 Å². The van der Waals surface area contributed by atoms with E-state index in [4.69, 9.17) is 0 Å². The van der Waals surface area contributed by atoms with E-state index in [2.05, 4.69) is 57.4 Å². The molecule has 1 fully saturated rings. The minimum atomic E-state index is 0.555. The number of aromatic nitrogens is 1. The highest BCUT2D eigenvalue weighted by atomic mass is 79.9. The Morgan fingerprint density at radius 2 is 2.05 bits per heavy atom. The molecule has 22 heavy (non-hydrogen) atoms. The standard InChI is InChI=1S/C18H23BrN3/c1-22(2)12-13-3-6-15(7-4-13)21-18-9-10-20-17-8-5-14(19)11-16(17)18/h5,8,10-11,13,15H,3-4,6-7,12H2,1-2H3,(H,20,21)/t13-,15-. The molecule has 1 aliphatic rings. The van der Waals surface area contributed by atoms with Crippen molar-refractivity contribution < 1.29 is 0 Å². The first-order chi connectivity index (χ1) is 10.6. The van der Waals surface area contributed by atoms with Gasteiger partial charge in [0.05, 0.1) is 11.2 Å². The van der Waals surface area contributed by atoms with E-state index < -0.39 is 0 Å². The largest absolute Gasteiger partial charge is 0.381 e. The van der Waals surface area contributed by atoms with E-state index >= 15 is 0 Å². The second-order valence-corrected chi connectivity index (χ2v) is 7.48. The molecule has 3 rings (SSSR count). The van der Waals surface area contributed by atoms with E-state index in [1.54, 1.807) is 6.20 Å². The SMILES string of the molecule is CN(C)C[C@H]1CC[C@H](Nc2[c]cnc3ccc(Br)cc23)CC1. The minimum Gasteiger partial charge on any atom is -0.381 e. The molecular formula is C18H23BrN3. The molecule has 0 unspecified atom stereocenters. The summed E-state index contributed by atoms with van der Waals surface area (Å²) in [6.45, 7) is 1.21. The fourth-order valence-electron chi connectivity index (χ4n) is 3.39. The van der Waals surface area contributed by atoms with Gasteiger partial charge in [0.1, 0.15) is 0 Å². The van der Waals surface area contributed by atoms with Crippen LogP contribution in [0.5, 0.6) is 0 Å². The summed E-state index contributed by atoms with van der Waals surface area (Å²) in [7, 11) is 4.33. The Balaban J connectivity index is 1.68. The fourth-order valence-corrected chi connectivity index (χ4v) is 3.76. The van der Waals surface area contributed by atoms with Crippen LogP contribution in [0.2, 0.25) is 0 Å². The number of anilines is 1. The molecule has 0 atom stereocenters. The molecule has 4 heteroatoms. The number of pyridine rings is 1. The third-order valence-corrected chi connectivity index (χ3v) is 4.95. The van der Waals surface area contributed by atoms with Crippen LogP contribution >= 0.6 is 15.9 Å². The quantitative estimate of drug-likeness (QED) is 0.879. The van der Waals surface area contributed by atoms with Crippen LogP contribution in [-0.4, -0.2) is 36.6 Å². The molecular weight excluding hydrogens is 338 g/mol. The third kappa shape index (κ3) is 3.79. The average Bonchev–Trinajstić information content (AvgIpc) is 2.49. The van der Waals surface area contributed by atoms with Gasteiger partial charge in [-0.05, 0) is 63.9 Å². The summed E-state index contributed by atoms with van der Waals surface area (Å²) in [5, 5.41) is 4.84. The highest BCUT2D eigenvalue weighted by Gasteiger charge is 2.21. The van der Waals surface area contributed by atoms with Crippen LogP contribution in [0.3, 0.4) is 0 Å². The van der Waals surface area contributed by atoms with Crippen molar-refractivity contribution in [2.24, 2.45) is 5.92 Å². The highest BCUT2D eigenvalue weighted by Crippen LogP contribution is 2.30. The van der Waals surface area contributed by atoms with Crippen molar-refractivity contribution in [2.75, 3.05) is 26.0 Å². The van der Waals surface area contributed by atoms with Crippen molar-refractivity contribution in [1.82, 2.24) is 9.88 Å². The lowest BCUT2D eigenvalue weighted by atomic mass is 9.85. The summed E-state index contributed by atoms with van der Waals surface area (Å²) in [5.41, 5.74) is 2.10. The van der Waals surface area contributed by atoms with Gasteiger partial charge in [-0.15, -0.1) is 0 Å². The average molecular weight is 361 g/mol. The van der Waals surface area contributed by atoms with Crippen molar-refractivity contribution in [2.45, 2.75) is 31.7 Å². The molecule has 3 nitrogen and oxygen atoms in total. The first-order valence-corrected chi connectivity index (χ1v) is 8.78. The number of benzene rings is 1. The fraction of sp³-hybridized carbons (Fsp3) is 0.500. The Bertz CT molecular complexity index is 633. The lowest BCUT2D eigenvalue weighted by molar-refractivity contribution is 0.255. The van der Waals surface area contributed by atoms with Crippen LogP contribution < -0.4 is 5.32 Å². The van der Waals surface area contributed by atoms with Crippen molar-refractivity contribution in [1.29, 1.82) is 0 Å². The van der Waals surface area contributed by atoms with Crippen molar-refractivity contribution in [3.63, 3.8) is 0 Å². The molecule has 1 radical (unpaired) electrons. The van der Waals surface area contributed by atoms with Gasteiger partial charge < -0.3 is 10.2 Å². The Hall–Kier alpha value is -1.13. The zero-order valence-corrected chi connectivity index (χ0v) is 14.9. The monoisotopic (exact) mass is 360 g/mol. The van der Waals surface area contributed by atoms with Gasteiger partial charge in [0, 0.05) is 34.7 Å². The van der Waals surface area contributed by atoms with Gasteiger partial charge >= 0.3 is 0 Å². The number of halogens is 1. The van der Waals surface area contributed by atoms with E-state index in [1.165, 1.54) is 32.2 Å². The molecule has 1 aliphatic carbocycles. The molecule has 0 spiro atoms. The van der Waals surface area contributed by atoms with Crippen molar-refractivity contribution >= 4 is 32.5 Å². The smallest absolute Gasteiger partial charge is 0.0724 e.